The molecular weight excluding hydrogens is 348 g/mol. The van der Waals surface area contributed by atoms with E-state index in [1.54, 1.807) is 36.2 Å². The first-order valence-corrected chi connectivity index (χ1v) is 8.44. The number of nitrogens with zero attached hydrogens (tertiary/aromatic N) is 4. The van der Waals surface area contributed by atoms with Gasteiger partial charge in [-0.15, -0.1) is 0 Å². The zero-order valence-electron chi connectivity index (χ0n) is 15.4. The van der Waals surface area contributed by atoms with Crippen molar-refractivity contribution >= 4 is 23.6 Å². The summed E-state index contributed by atoms with van der Waals surface area (Å²) in [6, 6.07) is 5.53. The van der Waals surface area contributed by atoms with Crippen molar-refractivity contribution in [3.63, 3.8) is 0 Å². The van der Waals surface area contributed by atoms with Crippen molar-refractivity contribution in [3.8, 4) is 5.75 Å². The Bertz CT molecular complexity index is 845. The molecule has 2 atom stereocenters. The number of benzene rings is 1. The van der Waals surface area contributed by atoms with Gasteiger partial charge >= 0.3 is 6.03 Å². The average Bonchev–Trinajstić information content (AvgIpc) is 2.96. The molecule has 1 aromatic rings. The Morgan fingerprint density at radius 2 is 2.00 bits per heavy atom. The number of aromatic hydroxyl groups is 1. The number of hydrazone groups is 1. The predicted octanol–water partition coefficient (Wildman–Crippen LogP) is 0.830. The number of fused-ring (bicyclic) bond motifs is 1. The van der Waals surface area contributed by atoms with E-state index in [-0.39, 0.29) is 5.75 Å². The predicted molar refractivity (Wildman–Crippen MR) is 101 cm³/mol. The van der Waals surface area contributed by atoms with Gasteiger partial charge in [0.05, 0.1) is 5.71 Å². The number of imide groups is 1. The summed E-state index contributed by atoms with van der Waals surface area (Å²) in [7, 11) is 1.59. The van der Waals surface area contributed by atoms with E-state index in [4.69, 9.17) is 0 Å². The molecule has 27 heavy (non-hydrogen) atoms. The van der Waals surface area contributed by atoms with Crippen LogP contribution in [0.4, 0.5) is 4.79 Å². The number of phenols is 1. The molecule has 0 bridgehead atoms. The highest BCUT2D eigenvalue weighted by molar-refractivity contribution is 6.04. The minimum absolute atomic E-state index is 0.176. The molecule has 142 valence electrons. The minimum atomic E-state index is -0.643. The number of nitrogens with one attached hydrogen (secondary N) is 2. The molecule has 2 aliphatic heterocycles. The Morgan fingerprint density at radius 1 is 1.33 bits per heavy atom. The number of amides is 3. The van der Waals surface area contributed by atoms with E-state index >= 15 is 0 Å². The normalized spacial score (nSPS) is 22.3. The molecule has 1 fully saturated rings. The first-order valence-electron chi connectivity index (χ1n) is 8.44. The van der Waals surface area contributed by atoms with Gasteiger partial charge < -0.3 is 14.9 Å². The number of guanidine groups is 1. The number of carbonyl (C=O) groups excluding carboxylic acids is 2. The number of urea groups is 1. The van der Waals surface area contributed by atoms with Gasteiger partial charge in [-0.05, 0) is 43.7 Å². The van der Waals surface area contributed by atoms with Gasteiger partial charge in [0.15, 0.2) is 12.2 Å². The highest BCUT2D eigenvalue weighted by Crippen LogP contribution is 2.24. The summed E-state index contributed by atoms with van der Waals surface area (Å²) >= 11 is 0. The first-order chi connectivity index (χ1) is 12.8. The second kappa shape index (κ2) is 7.10. The maximum Gasteiger partial charge on any atom is 0.325 e. The van der Waals surface area contributed by atoms with Crippen molar-refractivity contribution in [2.75, 3.05) is 13.6 Å². The van der Waals surface area contributed by atoms with Gasteiger partial charge in [0.25, 0.3) is 5.91 Å². The highest BCUT2D eigenvalue weighted by atomic mass is 16.3. The maximum absolute atomic E-state index is 12.4. The van der Waals surface area contributed by atoms with Crippen molar-refractivity contribution in [3.05, 3.63) is 42.0 Å². The van der Waals surface area contributed by atoms with Crippen molar-refractivity contribution in [2.24, 2.45) is 10.1 Å². The molecule has 0 spiro atoms. The van der Waals surface area contributed by atoms with E-state index in [1.165, 1.54) is 4.90 Å². The van der Waals surface area contributed by atoms with Crippen LogP contribution in [0.2, 0.25) is 0 Å². The third-order valence-corrected chi connectivity index (χ3v) is 4.41. The summed E-state index contributed by atoms with van der Waals surface area (Å²) in [6.45, 7) is 7.97. The van der Waals surface area contributed by atoms with Crippen LogP contribution in [0.15, 0.2) is 46.5 Å². The monoisotopic (exact) mass is 370 g/mol. The van der Waals surface area contributed by atoms with Crippen molar-refractivity contribution < 1.29 is 14.7 Å². The third kappa shape index (κ3) is 3.62. The van der Waals surface area contributed by atoms with E-state index in [0.717, 1.165) is 11.1 Å². The molecular formula is C18H22N6O3. The number of phenolic OH excluding ortho intramolecular Hbond substituents is 1. The summed E-state index contributed by atoms with van der Waals surface area (Å²) in [5.74, 6) is 0.169. The molecule has 2 heterocycles. The number of aliphatic imine (C=N–C) groups is 1. The van der Waals surface area contributed by atoms with Crippen LogP contribution < -0.4 is 10.7 Å². The summed E-state index contributed by atoms with van der Waals surface area (Å²) in [5, 5.41) is 16.1. The van der Waals surface area contributed by atoms with Crippen molar-refractivity contribution in [1.82, 2.24) is 20.5 Å². The largest absolute Gasteiger partial charge is 0.508 e. The highest BCUT2D eigenvalue weighted by Gasteiger charge is 2.48. The zero-order valence-corrected chi connectivity index (χ0v) is 15.4. The molecule has 0 saturated carbocycles. The Labute approximate surface area is 157 Å². The third-order valence-electron chi connectivity index (χ3n) is 4.41. The van der Waals surface area contributed by atoms with Crippen LogP contribution in [0.3, 0.4) is 0 Å². The number of rotatable bonds is 4. The molecule has 2 aliphatic rings. The Hall–Kier alpha value is -3.36. The van der Waals surface area contributed by atoms with Crippen LogP contribution >= 0.6 is 0 Å². The molecule has 2 unspecified atom stereocenters. The van der Waals surface area contributed by atoms with E-state index in [1.807, 2.05) is 13.8 Å². The number of hydrogen-bond acceptors (Lipinski definition) is 7. The van der Waals surface area contributed by atoms with Crippen LogP contribution in [0.25, 0.3) is 0 Å². The van der Waals surface area contributed by atoms with Crippen LogP contribution in [0.1, 0.15) is 19.4 Å². The van der Waals surface area contributed by atoms with E-state index in [9.17, 15) is 14.7 Å². The van der Waals surface area contributed by atoms with Crippen LogP contribution in [0, 0.1) is 0 Å². The smallest absolute Gasteiger partial charge is 0.325 e. The summed E-state index contributed by atoms with van der Waals surface area (Å²) in [4.78, 5) is 31.9. The molecule has 3 amide bonds. The van der Waals surface area contributed by atoms with Crippen LogP contribution in [0.5, 0.6) is 5.75 Å². The number of carbonyl (C=O) groups is 2. The van der Waals surface area contributed by atoms with Gasteiger partial charge in [0.1, 0.15) is 5.75 Å². The molecule has 3 rings (SSSR count). The quantitative estimate of drug-likeness (QED) is 0.413. The van der Waals surface area contributed by atoms with Gasteiger partial charge in [-0.25, -0.2) is 15.2 Å². The second-order valence-electron chi connectivity index (χ2n) is 6.66. The fraction of sp³-hybridized carbons (Fsp3) is 0.333. The van der Waals surface area contributed by atoms with Gasteiger partial charge in [0.2, 0.25) is 5.96 Å². The zero-order chi connectivity index (χ0) is 19.7. The van der Waals surface area contributed by atoms with Crippen LogP contribution in [-0.4, -0.2) is 64.3 Å². The molecule has 0 aromatic heterocycles. The molecule has 9 heteroatoms. The van der Waals surface area contributed by atoms with Crippen molar-refractivity contribution in [1.29, 1.82) is 0 Å². The van der Waals surface area contributed by atoms with Crippen LogP contribution in [-0.2, 0) is 4.79 Å². The van der Waals surface area contributed by atoms with E-state index < -0.39 is 24.1 Å². The topological polar surface area (TPSA) is 110 Å². The number of hydrogen-bond donors (Lipinski definition) is 3. The summed E-state index contributed by atoms with van der Waals surface area (Å²) in [5.41, 5.74) is 5.25. The Morgan fingerprint density at radius 3 is 2.63 bits per heavy atom. The molecule has 0 radical (unpaired) electrons. The van der Waals surface area contributed by atoms with Crippen molar-refractivity contribution in [2.45, 2.75) is 26.1 Å². The lowest BCUT2D eigenvalue weighted by Gasteiger charge is -2.36. The molecule has 1 saturated heterocycles. The summed E-state index contributed by atoms with van der Waals surface area (Å²) in [6.07, 6.45) is -0.628. The summed E-state index contributed by atoms with van der Waals surface area (Å²) < 4.78 is 0. The first kappa shape index (κ1) is 18.4. The van der Waals surface area contributed by atoms with Gasteiger partial charge in [-0.1, -0.05) is 12.2 Å². The number of likely N-dealkylation sites (N-methyl/N-ethyl adjacent to an activating group) is 1. The standard InChI is InChI=1S/C18H22N6O3/c1-10(2)9-24-14-15(23(4)18(27)20-16(14)26)19-17(24)22-21-11(3)12-5-7-13(25)8-6-12/h5-8,14-15,25H,1,9H2,2-4H3,(H,19,22)(H,20,26,27)/b21-11+. The molecule has 9 nitrogen and oxygen atoms in total. The Balaban J connectivity index is 1.86. The lowest BCUT2D eigenvalue weighted by Crippen LogP contribution is -2.64. The lowest BCUT2D eigenvalue weighted by atomic mass is 10.1. The molecule has 3 N–H and O–H groups in total. The Kier molecular flexibility index (Phi) is 4.85. The lowest BCUT2D eigenvalue weighted by molar-refractivity contribution is -0.127. The minimum Gasteiger partial charge on any atom is -0.508 e. The fourth-order valence-electron chi connectivity index (χ4n) is 2.98. The van der Waals surface area contributed by atoms with E-state index in [2.05, 4.69) is 27.4 Å². The van der Waals surface area contributed by atoms with E-state index in [0.29, 0.717) is 18.2 Å². The SMILES string of the molecule is C=C(C)CN1C(N/N=C(\C)c2ccc(O)cc2)=NC2C1C(=O)NC(=O)N2C. The van der Waals surface area contributed by atoms with Gasteiger partial charge in [-0.2, -0.15) is 5.10 Å². The maximum atomic E-state index is 12.4. The van der Waals surface area contributed by atoms with Gasteiger partial charge in [0, 0.05) is 13.6 Å². The molecule has 0 aliphatic carbocycles. The average molecular weight is 370 g/mol. The van der Waals surface area contributed by atoms with Gasteiger partial charge in [-0.3, -0.25) is 10.1 Å². The fourth-order valence-corrected chi connectivity index (χ4v) is 2.98. The second-order valence-corrected chi connectivity index (χ2v) is 6.66. The molecule has 1 aromatic carbocycles.